The van der Waals surface area contributed by atoms with Crippen molar-refractivity contribution in [3.63, 3.8) is 0 Å². The third-order valence-electron chi connectivity index (χ3n) is 2.33. The van der Waals surface area contributed by atoms with Gasteiger partial charge in [0.2, 0.25) is 0 Å². The molecule has 2 N–H and O–H groups in total. The van der Waals surface area contributed by atoms with Crippen LogP contribution in [0.5, 0.6) is 5.75 Å². The van der Waals surface area contributed by atoms with Crippen molar-refractivity contribution >= 4 is 29.0 Å². The number of benzene rings is 1. The van der Waals surface area contributed by atoms with Gasteiger partial charge in [-0.2, -0.15) is 0 Å². The fourth-order valence-corrected chi connectivity index (χ4v) is 1.73. The number of pyridine rings is 1. The fraction of sp³-hybridized carbons (Fsp3) is 0.0769. The number of methoxy groups -OCH3 is 1. The molecule has 2 amide bonds. The molecule has 0 fully saturated rings. The molecule has 1 aromatic heterocycles. The van der Waals surface area contributed by atoms with Crippen LogP contribution >= 0.6 is 11.6 Å². The van der Waals surface area contributed by atoms with Gasteiger partial charge in [-0.1, -0.05) is 11.6 Å². The number of aromatic nitrogens is 1. The van der Waals surface area contributed by atoms with Crippen LogP contribution in [0.1, 0.15) is 0 Å². The minimum atomic E-state index is -0.366. The molecular weight excluding hydrogens is 266 g/mol. The largest absolute Gasteiger partial charge is 0.495 e. The number of hydrogen-bond donors (Lipinski definition) is 2. The number of nitrogens with zero attached hydrogens (tertiary/aromatic N) is 1. The van der Waals surface area contributed by atoms with Crippen LogP contribution in [-0.4, -0.2) is 18.1 Å². The van der Waals surface area contributed by atoms with E-state index >= 15 is 0 Å². The van der Waals surface area contributed by atoms with Gasteiger partial charge in [-0.15, -0.1) is 0 Å². The normalized spacial score (nSPS) is 9.79. The van der Waals surface area contributed by atoms with E-state index in [-0.39, 0.29) is 6.03 Å². The van der Waals surface area contributed by atoms with Gasteiger partial charge in [0.1, 0.15) is 5.75 Å². The Morgan fingerprint density at radius 1 is 1.26 bits per heavy atom. The zero-order chi connectivity index (χ0) is 13.7. The first-order valence-corrected chi connectivity index (χ1v) is 5.88. The van der Waals surface area contributed by atoms with Gasteiger partial charge in [0.05, 0.1) is 24.0 Å². The smallest absolute Gasteiger partial charge is 0.323 e. The Kier molecular flexibility index (Phi) is 4.20. The molecule has 0 spiro atoms. The number of ether oxygens (including phenoxy) is 1. The standard InChI is InChI=1S/C13H12ClN3O2/c1-19-12-5-4-9(7-11(12)14)16-13(18)17-10-3-2-6-15-8-10/h2-8H,1H3,(H2,16,17,18). The highest BCUT2D eigenvalue weighted by molar-refractivity contribution is 6.32. The van der Waals surface area contributed by atoms with Crippen molar-refractivity contribution < 1.29 is 9.53 Å². The topological polar surface area (TPSA) is 63.2 Å². The number of carbonyl (C=O) groups is 1. The number of urea groups is 1. The summed E-state index contributed by atoms with van der Waals surface area (Å²) in [7, 11) is 1.53. The molecule has 19 heavy (non-hydrogen) atoms. The van der Waals surface area contributed by atoms with Gasteiger partial charge < -0.3 is 15.4 Å². The van der Waals surface area contributed by atoms with Crippen LogP contribution in [-0.2, 0) is 0 Å². The van der Waals surface area contributed by atoms with Crippen molar-refractivity contribution in [3.05, 3.63) is 47.7 Å². The molecule has 0 aliphatic rings. The molecule has 1 heterocycles. The zero-order valence-electron chi connectivity index (χ0n) is 10.2. The van der Waals surface area contributed by atoms with Crippen LogP contribution in [0.15, 0.2) is 42.7 Å². The average molecular weight is 278 g/mol. The summed E-state index contributed by atoms with van der Waals surface area (Å²) in [5.74, 6) is 0.555. The van der Waals surface area contributed by atoms with Crippen molar-refractivity contribution in [2.24, 2.45) is 0 Å². The Balaban J connectivity index is 2.01. The third-order valence-corrected chi connectivity index (χ3v) is 2.62. The summed E-state index contributed by atoms with van der Waals surface area (Å²) in [5.41, 5.74) is 1.19. The predicted molar refractivity (Wildman–Crippen MR) is 74.9 cm³/mol. The maximum Gasteiger partial charge on any atom is 0.323 e. The summed E-state index contributed by atoms with van der Waals surface area (Å²) in [6.07, 6.45) is 3.19. The maximum atomic E-state index is 11.7. The first-order chi connectivity index (χ1) is 9.19. The van der Waals surface area contributed by atoms with Crippen LogP contribution in [0.3, 0.4) is 0 Å². The Morgan fingerprint density at radius 2 is 2.05 bits per heavy atom. The van der Waals surface area contributed by atoms with E-state index in [1.807, 2.05) is 0 Å². The van der Waals surface area contributed by atoms with Crippen LogP contribution in [0, 0.1) is 0 Å². The molecule has 0 unspecified atom stereocenters. The van der Waals surface area contributed by atoms with Crippen LogP contribution < -0.4 is 15.4 Å². The second-order valence-electron chi connectivity index (χ2n) is 3.67. The van der Waals surface area contributed by atoms with Gasteiger partial charge in [0, 0.05) is 11.9 Å². The third kappa shape index (κ3) is 3.59. The molecule has 1 aromatic carbocycles. The van der Waals surface area contributed by atoms with Gasteiger partial charge in [-0.25, -0.2) is 4.79 Å². The van der Waals surface area contributed by atoms with Gasteiger partial charge in [-0.05, 0) is 30.3 Å². The highest BCUT2D eigenvalue weighted by Crippen LogP contribution is 2.27. The number of anilines is 2. The SMILES string of the molecule is COc1ccc(NC(=O)Nc2cccnc2)cc1Cl. The monoisotopic (exact) mass is 277 g/mol. The second-order valence-corrected chi connectivity index (χ2v) is 4.08. The van der Waals surface area contributed by atoms with Crippen LogP contribution in [0.2, 0.25) is 5.02 Å². The quantitative estimate of drug-likeness (QED) is 0.904. The summed E-state index contributed by atoms with van der Waals surface area (Å²) in [6.45, 7) is 0. The minimum Gasteiger partial charge on any atom is -0.495 e. The van der Waals surface area contributed by atoms with Crippen molar-refractivity contribution in [1.82, 2.24) is 4.98 Å². The summed E-state index contributed by atoms with van der Waals surface area (Å²) in [4.78, 5) is 15.6. The van der Waals surface area contributed by atoms with Gasteiger partial charge in [-0.3, -0.25) is 4.98 Å². The number of amides is 2. The molecule has 98 valence electrons. The highest BCUT2D eigenvalue weighted by atomic mass is 35.5. The lowest BCUT2D eigenvalue weighted by Gasteiger charge is -2.09. The van der Waals surface area contributed by atoms with E-state index in [9.17, 15) is 4.79 Å². The number of carbonyl (C=O) groups excluding carboxylic acids is 1. The lowest BCUT2D eigenvalue weighted by atomic mass is 10.3. The Bertz CT molecular complexity index is 575. The molecule has 2 rings (SSSR count). The first-order valence-electron chi connectivity index (χ1n) is 5.50. The van der Waals surface area contributed by atoms with Crippen molar-refractivity contribution in [2.45, 2.75) is 0 Å². The maximum absolute atomic E-state index is 11.7. The Morgan fingerprint density at radius 3 is 2.68 bits per heavy atom. The van der Waals surface area contributed by atoms with Gasteiger partial charge >= 0.3 is 6.03 Å². The Labute approximate surface area is 115 Å². The minimum absolute atomic E-state index is 0.366. The fourth-order valence-electron chi connectivity index (χ4n) is 1.47. The van der Waals surface area contributed by atoms with E-state index in [1.165, 1.54) is 7.11 Å². The van der Waals surface area contributed by atoms with E-state index in [0.717, 1.165) is 0 Å². The van der Waals surface area contributed by atoms with Crippen LogP contribution in [0.4, 0.5) is 16.2 Å². The molecule has 0 saturated heterocycles. The molecule has 5 nitrogen and oxygen atoms in total. The van der Waals surface area contributed by atoms with Crippen LogP contribution in [0.25, 0.3) is 0 Å². The van der Waals surface area contributed by atoms with Gasteiger partial charge in [0.25, 0.3) is 0 Å². The number of hydrogen-bond acceptors (Lipinski definition) is 3. The molecule has 0 saturated carbocycles. The summed E-state index contributed by atoms with van der Waals surface area (Å²) in [6, 6.07) is 8.11. The Hall–Kier alpha value is -2.27. The van der Waals surface area contributed by atoms with E-state index in [0.29, 0.717) is 22.1 Å². The average Bonchev–Trinajstić information content (AvgIpc) is 2.40. The number of halogens is 1. The number of nitrogens with one attached hydrogen (secondary N) is 2. The van der Waals surface area contributed by atoms with Crippen molar-refractivity contribution in [1.29, 1.82) is 0 Å². The molecule has 0 bridgehead atoms. The van der Waals surface area contributed by atoms with Crippen molar-refractivity contribution in [2.75, 3.05) is 17.7 Å². The summed E-state index contributed by atoms with van der Waals surface area (Å²) in [5, 5.41) is 5.75. The highest BCUT2D eigenvalue weighted by Gasteiger charge is 2.05. The summed E-state index contributed by atoms with van der Waals surface area (Å²) < 4.78 is 5.03. The van der Waals surface area contributed by atoms with Gasteiger partial charge in [0.15, 0.2) is 0 Å². The van der Waals surface area contributed by atoms with Crippen molar-refractivity contribution in [3.8, 4) is 5.75 Å². The number of rotatable bonds is 3. The molecule has 0 radical (unpaired) electrons. The lowest BCUT2D eigenvalue weighted by molar-refractivity contribution is 0.262. The zero-order valence-corrected chi connectivity index (χ0v) is 10.9. The van der Waals surface area contributed by atoms with E-state index in [2.05, 4.69) is 15.6 Å². The molecule has 2 aromatic rings. The predicted octanol–water partition coefficient (Wildman–Crippen LogP) is 3.39. The van der Waals surface area contributed by atoms with E-state index < -0.39 is 0 Å². The molecule has 0 aliphatic heterocycles. The lowest BCUT2D eigenvalue weighted by Crippen LogP contribution is -2.19. The summed E-state index contributed by atoms with van der Waals surface area (Å²) >= 11 is 5.97. The van der Waals surface area contributed by atoms with E-state index in [4.69, 9.17) is 16.3 Å². The molecule has 0 atom stereocenters. The second kappa shape index (κ2) is 6.06. The molecule has 6 heteroatoms. The van der Waals surface area contributed by atoms with E-state index in [1.54, 1.807) is 42.7 Å². The first kappa shape index (κ1) is 13.2. The molecular formula is C13H12ClN3O2. The molecule has 0 aliphatic carbocycles.